The third-order valence-electron chi connectivity index (χ3n) is 2.99. The molecule has 2 rings (SSSR count). The van der Waals surface area contributed by atoms with Crippen molar-refractivity contribution in [2.45, 2.75) is 12.2 Å². The molecule has 0 amide bonds. The molecule has 0 bridgehead atoms. The van der Waals surface area contributed by atoms with Crippen molar-refractivity contribution < 1.29 is 8.42 Å². The molecule has 4 nitrogen and oxygen atoms in total. The minimum absolute atomic E-state index is 0. The molecule has 108 valence electrons. The molecule has 0 aromatic heterocycles. The van der Waals surface area contributed by atoms with Crippen LogP contribution in [-0.4, -0.2) is 38.9 Å². The number of nitrogens with zero attached hydrogens (tertiary/aromatic N) is 1. The molecule has 0 radical (unpaired) electrons. The molecule has 1 N–H and O–H groups in total. The van der Waals surface area contributed by atoms with E-state index >= 15 is 0 Å². The maximum atomic E-state index is 12.3. The molecule has 1 heterocycles. The molecule has 19 heavy (non-hydrogen) atoms. The van der Waals surface area contributed by atoms with Crippen LogP contribution in [0.3, 0.4) is 0 Å². The van der Waals surface area contributed by atoms with Gasteiger partial charge in [0.1, 0.15) is 0 Å². The average molecular weight is 325 g/mol. The lowest BCUT2D eigenvalue weighted by Crippen LogP contribution is -2.35. The highest BCUT2D eigenvalue weighted by Crippen LogP contribution is 2.19. The van der Waals surface area contributed by atoms with E-state index in [9.17, 15) is 8.42 Å². The maximum Gasteiger partial charge on any atom is 0.218 e. The molecule has 7 heteroatoms. The molecule has 0 spiro atoms. The zero-order valence-corrected chi connectivity index (χ0v) is 12.9. The predicted octanol–water partition coefficient (Wildman–Crippen LogP) is 1.89. The van der Waals surface area contributed by atoms with E-state index in [2.05, 4.69) is 5.32 Å². The van der Waals surface area contributed by atoms with Crippen molar-refractivity contribution in [3.63, 3.8) is 0 Å². The van der Waals surface area contributed by atoms with E-state index < -0.39 is 10.0 Å². The van der Waals surface area contributed by atoms with Gasteiger partial charge >= 0.3 is 0 Å². The Morgan fingerprint density at radius 1 is 1.21 bits per heavy atom. The Morgan fingerprint density at radius 3 is 2.68 bits per heavy atom. The number of sulfonamides is 1. The quantitative estimate of drug-likeness (QED) is 0.923. The van der Waals surface area contributed by atoms with E-state index in [1.165, 1.54) is 0 Å². The van der Waals surface area contributed by atoms with Crippen LogP contribution in [0.4, 0.5) is 0 Å². The van der Waals surface area contributed by atoms with Gasteiger partial charge in [-0.3, -0.25) is 0 Å². The fourth-order valence-corrected chi connectivity index (χ4v) is 3.89. The molecule has 0 unspecified atom stereocenters. The summed E-state index contributed by atoms with van der Waals surface area (Å²) in [6.45, 7) is 2.70. The first kappa shape index (κ1) is 16.7. The van der Waals surface area contributed by atoms with Gasteiger partial charge in [0, 0.05) is 24.7 Å². The van der Waals surface area contributed by atoms with Gasteiger partial charge in [-0.1, -0.05) is 29.8 Å². The van der Waals surface area contributed by atoms with Crippen molar-refractivity contribution in [2.24, 2.45) is 0 Å². The molecule has 0 saturated carbocycles. The Hall–Kier alpha value is -0.330. The van der Waals surface area contributed by atoms with Crippen molar-refractivity contribution in [3.05, 3.63) is 34.9 Å². The Kier molecular flexibility index (Phi) is 6.56. The molecule has 1 fully saturated rings. The SMILES string of the molecule is Cl.O=S(=O)(Cc1ccccc1Cl)N1CCCNCC1. The number of benzene rings is 1. The lowest BCUT2D eigenvalue weighted by Gasteiger charge is -2.19. The Balaban J connectivity index is 0.00000180. The Bertz CT molecular complexity index is 500. The number of halogens is 2. The standard InChI is InChI=1S/C12H17ClN2O2S.ClH/c13-12-5-2-1-4-11(12)10-18(16,17)15-8-3-6-14-7-9-15;/h1-2,4-5,14H,3,6-10H2;1H. The van der Waals surface area contributed by atoms with E-state index in [4.69, 9.17) is 11.6 Å². The highest BCUT2D eigenvalue weighted by molar-refractivity contribution is 7.88. The molecular formula is C12H18Cl2N2O2S. The zero-order chi connectivity index (χ0) is 13.0. The lowest BCUT2D eigenvalue weighted by molar-refractivity contribution is 0.431. The summed E-state index contributed by atoms with van der Waals surface area (Å²) in [7, 11) is -3.27. The first-order valence-corrected chi connectivity index (χ1v) is 8.00. The monoisotopic (exact) mass is 324 g/mol. The summed E-state index contributed by atoms with van der Waals surface area (Å²) in [6, 6.07) is 7.08. The summed E-state index contributed by atoms with van der Waals surface area (Å²) >= 11 is 6.01. The second kappa shape index (κ2) is 7.45. The highest BCUT2D eigenvalue weighted by atomic mass is 35.5. The van der Waals surface area contributed by atoms with Crippen LogP contribution in [0.1, 0.15) is 12.0 Å². The minimum Gasteiger partial charge on any atom is -0.315 e. The Labute approximate surface area is 125 Å². The number of hydrogen-bond donors (Lipinski definition) is 1. The van der Waals surface area contributed by atoms with Gasteiger partial charge in [-0.25, -0.2) is 12.7 Å². The normalized spacial score (nSPS) is 17.5. The topological polar surface area (TPSA) is 49.4 Å². The second-order valence-corrected chi connectivity index (χ2v) is 6.73. The van der Waals surface area contributed by atoms with E-state index in [-0.39, 0.29) is 18.2 Å². The van der Waals surface area contributed by atoms with Crippen molar-refractivity contribution in [2.75, 3.05) is 26.2 Å². The fourth-order valence-electron chi connectivity index (χ4n) is 2.00. The zero-order valence-electron chi connectivity index (χ0n) is 10.5. The summed E-state index contributed by atoms with van der Waals surface area (Å²) in [5.74, 6) is -0.0212. The van der Waals surface area contributed by atoms with Gasteiger partial charge in [-0.15, -0.1) is 12.4 Å². The number of nitrogens with one attached hydrogen (secondary N) is 1. The third kappa shape index (κ3) is 4.61. The smallest absolute Gasteiger partial charge is 0.218 e. The van der Waals surface area contributed by atoms with E-state index in [1.54, 1.807) is 28.6 Å². The molecule has 1 aromatic rings. The predicted molar refractivity (Wildman–Crippen MR) is 80.4 cm³/mol. The maximum absolute atomic E-state index is 12.3. The van der Waals surface area contributed by atoms with Gasteiger partial charge in [-0.05, 0) is 24.6 Å². The van der Waals surface area contributed by atoms with Crippen molar-refractivity contribution in [1.82, 2.24) is 9.62 Å². The van der Waals surface area contributed by atoms with Crippen LogP contribution in [0.15, 0.2) is 24.3 Å². The van der Waals surface area contributed by atoms with Crippen molar-refractivity contribution in [1.29, 1.82) is 0 Å². The Morgan fingerprint density at radius 2 is 1.95 bits per heavy atom. The van der Waals surface area contributed by atoms with Crippen molar-refractivity contribution >= 4 is 34.0 Å². The first-order chi connectivity index (χ1) is 8.59. The summed E-state index contributed by atoms with van der Waals surface area (Å²) < 4.78 is 26.2. The van der Waals surface area contributed by atoms with E-state index in [1.807, 2.05) is 0 Å². The van der Waals surface area contributed by atoms with Crippen LogP contribution in [0.2, 0.25) is 5.02 Å². The molecule has 1 saturated heterocycles. The summed E-state index contributed by atoms with van der Waals surface area (Å²) in [5.41, 5.74) is 0.663. The van der Waals surface area contributed by atoms with Gasteiger partial charge in [0.05, 0.1) is 5.75 Å². The minimum atomic E-state index is -3.27. The highest BCUT2D eigenvalue weighted by Gasteiger charge is 2.23. The fraction of sp³-hybridized carbons (Fsp3) is 0.500. The molecule has 1 aliphatic rings. The van der Waals surface area contributed by atoms with Crippen LogP contribution < -0.4 is 5.32 Å². The second-order valence-electron chi connectivity index (χ2n) is 4.35. The van der Waals surface area contributed by atoms with Gasteiger partial charge in [0.25, 0.3) is 0 Å². The first-order valence-electron chi connectivity index (χ1n) is 6.01. The van der Waals surface area contributed by atoms with E-state index in [0.29, 0.717) is 30.2 Å². The average Bonchev–Trinajstić information content (AvgIpc) is 2.61. The third-order valence-corrected chi connectivity index (χ3v) is 5.18. The number of hydrogen-bond acceptors (Lipinski definition) is 3. The van der Waals surface area contributed by atoms with Crippen LogP contribution in [0.25, 0.3) is 0 Å². The van der Waals surface area contributed by atoms with Gasteiger partial charge in [0.15, 0.2) is 0 Å². The van der Waals surface area contributed by atoms with E-state index in [0.717, 1.165) is 13.0 Å². The molecule has 1 aliphatic heterocycles. The summed E-state index contributed by atoms with van der Waals surface area (Å²) in [4.78, 5) is 0. The molecular weight excluding hydrogens is 307 g/mol. The molecule has 0 aliphatic carbocycles. The van der Waals surface area contributed by atoms with Crippen LogP contribution in [0.5, 0.6) is 0 Å². The summed E-state index contributed by atoms with van der Waals surface area (Å²) in [6.07, 6.45) is 0.849. The molecule has 0 atom stereocenters. The van der Waals surface area contributed by atoms with Crippen LogP contribution in [0, 0.1) is 0 Å². The lowest BCUT2D eigenvalue weighted by atomic mass is 10.2. The van der Waals surface area contributed by atoms with Crippen LogP contribution in [-0.2, 0) is 15.8 Å². The molecule has 1 aromatic carbocycles. The van der Waals surface area contributed by atoms with Gasteiger partial charge < -0.3 is 5.32 Å². The van der Waals surface area contributed by atoms with Crippen molar-refractivity contribution in [3.8, 4) is 0 Å². The van der Waals surface area contributed by atoms with Crippen LogP contribution >= 0.6 is 24.0 Å². The largest absolute Gasteiger partial charge is 0.315 e. The van der Waals surface area contributed by atoms with Gasteiger partial charge in [0.2, 0.25) is 10.0 Å². The summed E-state index contributed by atoms with van der Waals surface area (Å²) in [5, 5.41) is 3.70. The van der Waals surface area contributed by atoms with Gasteiger partial charge in [-0.2, -0.15) is 0 Å². The number of rotatable bonds is 3.